The first-order chi connectivity index (χ1) is 7.15. The molecule has 0 spiro atoms. The fourth-order valence-electron chi connectivity index (χ4n) is 2.08. The molecule has 1 fully saturated rings. The molecule has 0 bridgehead atoms. The fourth-order valence-corrected chi connectivity index (χ4v) is 2.08. The summed E-state index contributed by atoms with van der Waals surface area (Å²) in [5.74, 6) is -2.31. The van der Waals surface area contributed by atoms with Gasteiger partial charge in [-0.1, -0.05) is 19.3 Å². The molecule has 5 nitrogen and oxygen atoms in total. The number of hydrogen-bond donors (Lipinski definition) is 3. The summed E-state index contributed by atoms with van der Waals surface area (Å²) in [7, 11) is 0. The smallest absolute Gasteiger partial charge is 0.394 e. The zero-order valence-corrected chi connectivity index (χ0v) is 8.61. The molecule has 0 saturated heterocycles. The van der Waals surface area contributed by atoms with E-state index >= 15 is 0 Å². The molecule has 1 saturated carbocycles. The Morgan fingerprint density at radius 2 is 1.87 bits per heavy atom. The number of carbonyl (C=O) groups is 2. The van der Waals surface area contributed by atoms with E-state index in [9.17, 15) is 9.59 Å². The second kappa shape index (κ2) is 5.70. The molecule has 0 unspecified atom stereocenters. The van der Waals surface area contributed by atoms with E-state index in [1.54, 1.807) is 0 Å². The monoisotopic (exact) mass is 215 g/mol. The molecule has 3 N–H and O–H groups in total. The Morgan fingerprint density at radius 1 is 1.27 bits per heavy atom. The lowest BCUT2D eigenvalue weighted by Gasteiger charge is -2.29. The van der Waals surface area contributed by atoms with Gasteiger partial charge in [-0.3, -0.25) is 4.79 Å². The zero-order valence-electron chi connectivity index (χ0n) is 8.61. The highest BCUT2D eigenvalue weighted by molar-refractivity contribution is 6.31. The molecule has 5 heteroatoms. The molecule has 1 amide bonds. The van der Waals surface area contributed by atoms with Gasteiger partial charge in [0.15, 0.2) is 0 Å². The van der Waals surface area contributed by atoms with Gasteiger partial charge < -0.3 is 15.5 Å². The van der Waals surface area contributed by atoms with Gasteiger partial charge in [-0.25, -0.2) is 4.79 Å². The average molecular weight is 215 g/mol. The number of aliphatic hydroxyl groups excluding tert-OH is 1. The van der Waals surface area contributed by atoms with Crippen molar-refractivity contribution in [2.45, 2.75) is 38.1 Å². The number of hydrogen-bond acceptors (Lipinski definition) is 3. The highest BCUT2D eigenvalue weighted by Gasteiger charge is 2.26. The largest absolute Gasteiger partial charge is 0.474 e. The SMILES string of the molecule is O=C(O)C(=O)N[C@H](CO)C1CCCCC1. The maximum Gasteiger partial charge on any atom is 0.394 e. The minimum atomic E-state index is -1.50. The number of carboxylic acids is 1. The van der Waals surface area contributed by atoms with Crippen LogP contribution < -0.4 is 5.32 Å². The number of carboxylic acid groups (broad SMARTS) is 1. The van der Waals surface area contributed by atoms with E-state index in [0.717, 1.165) is 25.7 Å². The Balaban J connectivity index is 2.46. The van der Waals surface area contributed by atoms with E-state index in [2.05, 4.69) is 5.32 Å². The molecule has 1 aliphatic carbocycles. The van der Waals surface area contributed by atoms with Gasteiger partial charge in [0, 0.05) is 0 Å². The van der Waals surface area contributed by atoms with Crippen molar-refractivity contribution in [1.29, 1.82) is 0 Å². The van der Waals surface area contributed by atoms with Crippen LogP contribution in [0.1, 0.15) is 32.1 Å². The summed E-state index contributed by atoms with van der Waals surface area (Å²) >= 11 is 0. The summed E-state index contributed by atoms with van der Waals surface area (Å²) < 4.78 is 0. The van der Waals surface area contributed by atoms with Crippen LogP contribution in [0.3, 0.4) is 0 Å². The van der Waals surface area contributed by atoms with Gasteiger partial charge in [0.05, 0.1) is 12.6 Å². The van der Waals surface area contributed by atoms with E-state index in [1.807, 2.05) is 0 Å². The molecule has 1 aliphatic rings. The predicted molar refractivity (Wildman–Crippen MR) is 53.2 cm³/mol. The lowest BCUT2D eigenvalue weighted by molar-refractivity contribution is -0.150. The van der Waals surface area contributed by atoms with Gasteiger partial charge >= 0.3 is 11.9 Å². The summed E-state index contributed by atoms with van der Waals surface area (Å²) in [6.45, 7) is -0.191. The Hall–Kier alpha value is -1.10. The predicted octanol–water partition coefficient (Wildman–Crippen LogP) is 0.128. The van der Waals surface area contributed by atoms with Crippen LogP contribution in [-0.2, 0) is 9.59 Å². The average Bonchev–Trinajstić information content (AvgIpc) is 2.26. The molecule has 1 atom stereocenters. The second-order valence-corrected chi connectivity index (χ2v) is 3.97. The van der Waals surface area contributed by atoms with Crippen molar-refractivity contribution in [3.05, 3.63) is 0 Å². The van der Waals surface area contributed by atoms with E-state index in [0.29, 0.717) is 0 Å². The molecule has 0 aromatic heterocycles. The topological polar surface area (TPSA) is 86.6 Å². The molecule has 0 aromatic rings. The standard InChI is InChI=1S/C10H17NO4/c12-6-8(11-9(13)10(14)15)7-4-2-1-3-5-7/h7-8,12H,1-6H2,(H,11,13)(H,14,15)/t8-/m1/s1. The summed E-state index contributed by atoms with van der Waals surface area (Å²) in [4.78, 5) is 21.3. The maximum absolute atomic E-state index is 10.9. The minimum Gasteiger partial charge on any atom is -0.474 e. The van der Waals surface area contributed by atoms with Crippen LogP contribution in [0.2, 0.25) is 0 Å². The molecule has 0 aliphatic heterocycles. The van der Waals surface area contributed by atoms with E-state index in [-0.39, 0.29) is 12.5 Å². The van der Waals surface area contributed by atoms with Crippen molar-refractivity contribution in [3.8, 4) is 0 Å². The number of nitrogens with one attached hydrogen (secondary N) is 1. The van der Waals surface area contributed by atoms with Crippen LogP contribution in [-0.4, -0.2) is 34.7 Å². The first kappa shape index (κ1) is 12.0. The lowest BCUT2D eigenvalue weighted by Crippen LogP contribution is -2.46. The van der Waals surface area contributed by atoms with Gasteiger partial charge in [-0.15, -0.1) is 0 Å². The summed E-state index contributed by atoms with van der Waals surface area (Å²) in [6, 6.07) is -0.408. The van der Waals surface area contributed by atoms with E-state index < -0.39 is 17.9 Å². The van der Waals surface area contributed by atoms with Gasteiger partial charge in [-0.2, -0.15) is 0 Å². The third-order valence-electron chi connectivity index (χ3n) is 2.93. The Bertz CT molecular complexity index is 236. The first-order valence-corrected chi connectivity index (χ1v) is 5.29. The maximum atomic E-state index is 10.9. The van der Waals surface area contributed by atoms with Crippen molar-refractivity contribution in [3.63, 3.8) is 0 Å². The third-order valence-corrected chi connectivity index (χ3v) is 2.93. The van der Waals surface area contributed by atoms with Gasteiger partial charge in [-0.05, 0) is 18.8 Å². The Labute approximate surface area is 88.5 Å². The van der Waals surface area contributed by atoms with Crippen LogP contribution in [0.15, 0.2) is 0 Å². The number of carbonyl (C=O) groups excluding carboxylic acids is 1. The molecule has 86 valence electrons. The normalized spacial score (nSPS) is 19.5. The highest BCUT2D eigenvalue weighted by atomic mass is 16.4. The van der Waals surface area contributed by atoms with Crippen LogP contribution in [0, 0.1) is 5.92 Å². The van der Waals surface area contributed by atoms with Crippen LogP contribution in [0.5, 0.6) is 0 Å². The molecule has 15 heavy (non-hydrogen) atoms. The Morgan fingerprint density at radius 3 is 2.33 bits per heavy atom. The number of aliphatic hydroxyl groups is 1. The molecule has 0 radical (unpaired) electrons. The first-order valence-electron chi connectivity index (χ1n) is 5.29. The van der Waals surface area contributed by atoms with Gasteiger partial charge in [0.2, 0.25) is 0 Å². The van der Waals surface area contributed by atoms with Crippen molar-refractivity contribution >= 4 is 11.9 Å². The molecule has 1 rings (SSSR count). The molecular weight excluding hydrogens is 198 g/mol. The van der Waals surface area contributed by atoms with Gasteiger partial charge in [0.1, 0.15) is 0 Å². The summed E-state index contributed by atoms with van der Waals surface area (Å²) in [5.41, 5.74) is 0. The van der Waals surface area contributed by atoms with Crippen molar-refractivity contribution in [1.82, 2.24) is 5.32 Å². The minimum absolute atomic E-state index is 0.191. The van der Waals surface area contributed by atoms with E-state index in [4.69, 9.17) is 10.2 Å². The van der Waals surface area contributed by atoms with Crippen LogP contribution >= 0.6 is 0 Å². The lowest BCUT2D eigenvalue weighted by atomic mass is 9.84. The number of amides is 1. The van der Waals surface area contributed by atoms with Crippen molar-refractivity contribution < 1.29 is 19.8 Å². The highest BCUT2D eigenvalue weighted by Crippen LogP contribution is 2.26. The summed E-state index contributed by atoms with van der Waals surface area (Å²) in [6.07, 6.45) is 5.26. The molecule has 0 aromatic carbocycles. The van der Waals surface area contributed by atoms with Crippen LogP contribution in [0.25, 0.3) is 0 Å². The Kier molecular flexibility index (Phi) is 4.55. The van der Waals surface area contributed by atoms with Crippen LogP contribution in [0.4, 0.5) is 0 Å². The molecule has 0 heterocycles. The number of aliphatic carboxylic acids is 1. The van der Waals surface area contributed by atoms with Crippen molar-refractivity contribution in [2.75, 3.05) is 6.61 Å². The third kappa shape index (κ3) is 3.51. The fraction of sp³-hybridized carbons (Fsp3) is 0.800. The summed E-state index contributed by atoms with van der Waals surface area (Å²) in [5, 5.41) is 19.9. The second-order valence-electron chi connectivity index (χ2n) is 3.97. The van der Waals surface area contributed by atoms with E-state index in [1.165, 1.54) is 6.42 Å². The molecular formula is C10H17NO4. The number of rotatable bonds is 3. The zero-order chi connectivity index (χ0) is 11.3. The van der Waals surface area contributed by atoms with Gasteiger partial charge in [0.25, 0.3) is 0 Å². The quantitative estimate of drug-likeness (QED) is 0.584. The van der Waals surface area contributed by atoms with Crippen molar-refractivity contribution in [2.24, 2.45) is 5.92 Å².